The van der Waals surface area contributed by atoms with Crippen LogP contribution in [0.5, 0.6) is 11.5 Å². The monoisotopic (exact) mass is 211 g/mol. The third-order valence-electron chi connectivity index (χ3n) is 3.08. The van der Waals surface area contributed by atoms with Gasteiger partial charge in [0.15, 0.2) is 17.3 Å². The summed E-state index contributed by atoms with van der Waals surface area (Å²) in [5, 5.41) is 9.55. The van der Waals surface area contributed by atoms with E-state index in [0.29, 0.717) is 6.54 Å². The lowest BCUT2D eigenvalue weighted by Gasteiger charge is -2.14. The topological polar surface area (TPSA) is 55.5 Å². The first-order valence-corrected chi connectivity index (χ1v) is 4.90. The van der Waals surface area contributed by atoms with Crippen LogP contribution in [0.1, 0.15) is 18.4 Å². The van der Waals surface area contributed by atoms with Crippen LogP contribution in [0.25, 0.3) is 0 Å². The molecule has 0 saturated heterocycles. The van der Waals surface area contributed by atoms with Crippen LogP contribution >= 0.6 is 0 Å². The molecule has 15 heavy (non-hydrogen) atoms. The van der Waals surface area contributed by atoms with E-state index in [-0.39, 0.29) is 16.9 Å². The molecule has 1 fully saturated rings. The number of ether oxygens (including phenoxy) is 1. The van der Waals surface area contributed by atoms with Crippen molar-refractivity contribution in [2.75, 3.05) is 13.7 Å². The van der Waals surface area contributed by atoms with Crippen molar-refractivity contribution in [2.24, 2.45) is 5.73 Å². The van der Waals surface area contributed by atoms with Gasteiger partial charge in [0.25, 0.3) is 0 Å². The Kier molecular flexibility index (Phi) is 2.31. The summed E-state index contributed by atoms with van der Waals surface area (Å²) in [6.07, 6.45) is 1.91. The van der Waals surface area contributed by atoms with E-state index < -0.39 is 5.82 Å². The van der Waals surface area contributed by atoms with Gasteiger partial charge in [-0.05, 0) is 30.5 Å². The van der Waals surface area contributed by atoms with Gasteiger partial charge >= 0.3 is 0 Å². The zero-order valence-electron chi connectivity index (χ0n) is 8.59. The van der Waals surface area contributed by atoms with Crippen molar-refractivity contribution in [3.05, 3.63) is 23.5 Å². The van der Waals surface area contributed by atoms with E-state index in [1.807, 2.05) is 0 Å². The molecule has 0 aliphatic heterocycles. The van der Waals surface area contributed by atoms with Gasteiger partial charge < -0.3 is 15.6 Å². The molecule has 82 valence electrons. The van der Waals surface area contributed by atoms with Gasteiger partial charge in [-0.1, -0.05) is 0 Å². The van der Waals surface area contributed by atoms with Gasteiger partial charge in [-0.2, -0.15) is 0 Å². The fraction of sp³-hybridized carbons (Fsp3) is 0.455. The summed E-state index contributed by atoms with van der Waals surface area (Å²) < 4.78 is 18.2. The molecule has 0 bridgehead atoms. The number of aromatic hydroxyl groups is 1. The van der Waals surface area contributed by atoms with E-state index in [2.05, 4.69) is 0 Å². The van der Waals surface area contributed by atoms with E-state index in [1.165, 1.54) is 13.2 Å². The maximum Gasteiger partial charge on any atom is 0.196 e. The number of hydrogen-bond acceptors (Lipinski definition) is 3. The number of halogens is 1. The van der Waals surface area contributed by atoms with Crippen LogP contribution in [0.2, 0.25) is 0 Å². The number of nitrogens with two attached hydrogens (primary N) is 1. The van der Waals surface area contributed by atoms with Gasteiger partial charge in [0, 0.05) is 12.0 Å². The molecule has 1 saturated carbocycles. The minimum absolute atomic E-state index is 0.105. The molecule has 1 aromatic carbocycles. The molecular weight excluding hydrogens is 197 g/mol. The smallest absolute Gasteiger partial charge is 0.196 e. The Bertz CT molecular complexity index is 365. The first-order chi connectivity index (χ1) is 7.13. The Morgan fingerprint density at radius 2 is 2.20 bits per heavy atom. The maximum absolute atomic E-state index is 13.5. The number of benzene rings is 1. The summed E-state index contributed by atoms with van der Waals surface area (Å²) in [5.41, 5.74) is 6.28. The molecule has 4 heteroatoms. The number of phenolic OH excluding ortho intramolecular Hbond substituents is 1. The van der Waals surface area contributed by atoms with Gasteiger partial charge in [-0.25, -0.2) is 4.39 Å². The van der Waals surface area contributed by atoms with Crippen molar-refractivity contribution in [2.45, 2.75) is 18.3 Å². The standard InChI is InChI=1S/C11H14FNO2/c1-15-10-8(12)4-7(5-9(10)14)11(6-13)2-3-11/h4-5,14H,2-3,6,13H2,1H3. The van der Waals surface area contributed by atoms with Gasteiger partial charge in [0.05, 0.1) is 7.11 Å². The summed E-state index contributed by atoms with van der Waals surface area (Å²) in [6.45, 7) is 0.484. The SMILES string of the molecule is COc1c(O)cc(C2(CN)CC2)cc1F. The highest BCUT2D eigenvalue weighted by Crippen LogP contribution is 2.49. The maximum atomic E-state index is 13.5. The predicted octanol–water partition coefficient (Wildman–Crippen LogP) is 1.53. The van der Waals surface area contributed by atoms with Gasteiger partial charge in [0.1, 0.15) is 0 Å². The number of hydrogen-bond donors (Lipinski definition) is 2. The fourth-order valence-corrected chi connectivity index (χ4v) is 1.85. The Morgan fingerprint density at radius 1 is 1.53 bits per heavy atom. The quantitative estimate of drug-likeness (QED) is 0.797. The fourth-order valence-electron chi connectivity index (χ4n) is 1.85. The third kappa shape index (κ3) is 1.55. The van der Waals surface area contributed by atoms with Crippen molar-refractivity contribution in [3.8, 4) is 11.5 Å². The molecule has 1 aliphatic rings. The molecule has 0 unspecified atom stereocenters. The highest BCUT2D eigenvalue weighted by atomic mass is 19.1. The summed E-state index contributed by atoms with van der Waals surface area (Å²) in [5.74, 6) is -0.800. The Hall–Kier alpha value is -1.29. The van der Waals surface area contributed by atoms with Crippen molar-refractivity contribution < 1.29 is 14.2 Å². The minimum Gasteiger partial charge on any atom is -0.504 e. The van der Waals surface area contributed by atoms with Crippen LogP contribution in [0.3, 0.4) is 0 Å². The lowest BCUT2D eigenvalue weighted by Crippen LogP contribution is -2.19. The molecule has 0 heterocycles. The van der Waals surface area contributed by atoms with Gasteiger partial charge in [-0.3, -0.25) is 0 Å². The van der Waals surface area contributed by atoms with Crippen molar-refractivity contribution in [1.29, 1.82) is 0 Å². The predicted molar refractivity (Wildman–Crippen MR) is 54.6 cm³/mol. The molecule has 0 aromatic heterocycles. The van der Waals surface area contributed by atoms with Crippen LogP contribution < -0.4 is 10.5 Å². The molecule has 3 nitrogen and oxygen atoms in total. The Labute approximate surface area is 87.7 Å². The molecule has 0 spiro atoms. The Balaban J connectivity index is 2.44. The summed E-state index contributed by atoms with van der Waals surface area (Å²) in [6, 6.07) is 2.94. The lowest BCUT2D eigenvalue weighted by atomic mass is 9.95. The van der Waals surface area contributed by atoms with Gasteiger partial charge in [-0.15, -0.1) is 0 Å². The van der Waals surface area contributed by atoms with E-state index >= 15 is 0 Å². The summed E-state index contributed by atoms with van der Waals surface area (Å²) in [7, 11) is 1.33. The number of methoxy groups -OCH3 is 1. The number of phenols is 1. The number of rotatable bonds is 3. The lowest BCUT2D eigenvalue weighted by molar-refractivity contribution is 0.350. The van der Waals surface area contributed by atoms with Crippen LogP contribution in [0.15, 0.2) is 12.1 Å². The van der Waals surface area contributed by atoms with Gasteiger partial charge in [0.2, 0.25) is 0 Å². The molecular formula is C11H14FNO2. The first kappa shape index (κ1) is 10.2. The Morgan fingerprint density at radius 3 is 2.60 bits per heavy atom. The van der Waals surface area contributed by atoms with Crippen molar-refractivity contribution in [3.63, 3.8) is 0 Å². The summed E-state index contributed by atoms with van der Waals surface area (Å²) in [4.78, 5) is 0. The zero-order valence-corrected chi connectivity index (χ0v) is 8.59. The zero-order chi connectivity index (χ0) is 11.1. The van der Waals surface area contributed by atoms with Crippen LogP contribution in [0.4, 0.5) is 4.39 Å². The molecule has 3 N–H and O–H groups in total. The second-order valence-corrected chi connectivity index (χ2v) is 3.99. The normalized spacial score (nSPS) is 17.5. The molecule has 1 aliphatic carbocycles. The molecule has 0 amide bonds. The second-order valence-electron chi connectivity index (χ2n) is 3.99. The molecule has 0 radical (unpaired) electrons. The molecule has 0 atom stereocenters. The highest BCUT2D eigenvalue weighted by molar-refractivity contribution is 5.47. The average Bonchev–Trinajstić information content (AvgIpc) is 2.97. The first-order valence-electron chi connectivity index (χ1n) is 4.90. The van der Waals surface area contributed by atoms with Crippen LogP contribution in [0, 0.1) is 5.82 Å². The third-order valence-corrected chi connectivity index (χ3v) is 3.08. The molecule has 1 aromatic rings. The van der Waals surface area contributed by atoms with Crippen molar-refractivity contribution >= 4 is 0 Å². The molecule has 2 rings (SSSR count). The average molecular weight is 211 g/mol. The highest BCUT2D eigenvalue weighted by Gasteiger charge is 2.43. The van der Waals surface area contributed by atoms with Crippen LogP contribution in [-0.2, 0) is 5.41 Å². The van der Waals surface area contributed by atoms with E-state index in [1.54, 1.807) is 6.07 Å². The minimum atomic E-state index is -0.535. The largest absolute Gasteiger partial charge is 0.504 e. The van der Waals surface area contributed by atoms with Crippen LogP contribution in [-0.4, -0.2) is 18.8 Å². The van der Waals surface area contributed by atoms with E-state index in [4.69, 9.17) is 10.5 Å². The summed E-state index contributed by atoms with van der Waals surface area (Å²) >= 11 is 0. The van der Waals surface area contributed by atoms with Crippen molar-refractivity contribution in [1.82, 2.24) is 0 Å². The van der Waals surface area contributed by atoms with E-state index in [0.717, 1.165) is 18.4 Å². The second kappa shape index (κ2) is 3.38. The van der Waals surface area contributed by atoms with E-state index in [9.17, 15) is 9.50 Å².